The smallest absolute Gasteiger partial charge is 0.240 e. The summed E-state index contributed by atoms with van der Waals surface area (Å²) in [6.45, 7) is 5.70. The van der Waals surface area contributed by atoms with Crippen molar-refractivity contribution in [1.29, 1.82) is 0 Å². The average Bonchev–Trinajstić information content (AvgIpc) is 2.27. The highest BCUT2D eigenvalue weighted by atomic mass is 35.5. The van der Waals surface area contributed by atoms with Crippen molar-refractivity contribution in [3.8, 4) is 0 Å². The summed E-state index contributed by atoms with van der Waals surface area (Å²) in [5.74, 6) is 0. The lowest BCUT2D eigenvalue weighted by molar-refractivity contribution is 0.214. The molecule has 0 aromatic heterocycles. The summed E-state index contributed by atoms with van der Waals surface area (Å²) in [4.78, 5) is 0.132. The van der Waals surface area contributed by atoms with Crippen molar-refractivity contribution in [2.24, 2.45) is 5.41 Å². The Labute approximate surface area is 119 Å². The van der Waals surface area contributed by atoms with Gasteiger partial charge in [-0.05, 0) is 30.0 Å². The molecule has 0 heterocycles. The van der Waals surface area contributed by atoms with Crippen LogP contribution in [0.3, 0.4) is 0 Å². The van der Waals surface area contributed by atoms with Crippen LogP contribution in [0.25, 0.3) is 0 Å². The van der Waals surface area contributed by atoms with Crippen molar-refractivity contribution >= 4 is 21.6 Å². The van der Waals surface area contributed by atoms with E-state index < -0.39 is 10.0 Å². The van der Waals surface area contributed by atoms with Gasteiger partial charge < -0.3 is 5.11 Å². The maximum absolute atomic E-state index is 12.3. The van der Waals surface area contributed by atoms with Crippen LogP contribution < -0.4 is 4.72 Å². The van der Waals surface area contributed by atoms with Gasteiger partial charge in [0.1, 0.15) is 0 Å². The predicted molar refractivity (Wildman–Crippen MR) is 76.7 cm³/mol. The van der Waals surface area contributed by atoms with Gasteiger partial charge in [-0.1, -0.05) is 38.4 Å². The zero-order chi connectivity index (χ0) is 14.7. The van der Waals surface area contributed by atoms with Gasteiger partial charge in [-0.2, -0.15) is 0 Å². The van der Waals surface area contributed by atoms with E-state index in [1.54, 1.807) is 12.1 Å². The third kappa shape index (κ3) is 4.76. The van der Waals surface area contributed by atoms with Gasteiger partial charge in [0.05, 0.1) is 4.90 Å². The summed E-state index contributed by atoms with van der Waals surface area (Å²) in [5.41, 5.74) is -0.283. The highest BCUT2D eigenvalue weighted by Crippen LogP contribution is 2.24. The summed E-state index contributed by atoms with van der Waals surface area (Å²) in [6, 6.07) is 5.77. The molecule has 0 saturated carbocycles. The van der Waals surface area contributed by atoms with Crippen LogP contribution in [0.5, 0.6) is 0 Å². The predicted octanol–water partition coefficient (Wildman–Crippen LogP) is 2.42. The van der Waals surface area contributed by atoms with Crippen LogP contribution in [0.2, 0.25) is 5.02 Å². The molecule has 0 aliphatic rings. The van der Waals surface area contributed by atoms with Gasteiger partial charge >= 0.3 is 0 Å². The number of sulfonamides is 1. The van der Waals surface area contributed by atoms with Crippen molar-refractivity contribution in [2.45, 2.75) is 38.1 Å². The fourth-order valence-electron chi connectivity index (χ4n) is 1.69. The van der Waals surface area contributed by atoms with Crippen LogP contribution in [0.4, 0.5) is 0 Å². The van der Waals surface area contributed by atoms with E-state index >= 15 is 0 Å². The second-order valence-electron chi connectivity index (χ2n) is 5.51. The highest BCUT2D eigenvalue weighted by molar-refractivity contribution is 7.89. The number of rotatable bonds is 5. The highest BCUT2D eigenvalue weighted by Gasteiger charge is 2.29. The normalized spacial score (nSPS) is 14.4. The Kier molecular flexibility index (Phi) is 5.38. The zero-order valence-electron chi connectivity index (χ0n) is 11.4. The standard InChI is InChI=1S/C13H20ClNO3S/c1-13(2,3)12(7-8-16)15-19(17,18)11-6-4-5-10(14)9-11/h4-6,9,12,15-16H,7-8H2,1-3H3/t12-/m1/s1. The third-order valence-electron chi connectivity index (χ3n) is 2.87. The van der Waals surface area contributed by atoms with E-state index in [9.17, 15) is 8.42 Å². The van der Waals surface area contributed by atoms with Gasteiger partial charge in [0.25, 0.3) is 0 Å². The maximum atomic E-state index is 12.3. The molecule has 1 aromatic rings. The van der Waals surface area contributed by atoms with Gasteiger partial charge in [0.2, 0.25) is 10.0 Å². The van der Waals surface area contributed by atoms with Crippen molar-refractivity contribution in [3.63, 3.8) is 0 Å². The molecule has 1 aromatic carbocycles. The van der Waals surface area contributed by atoms with Crippen molar-refractivity contribution < 1.29 is 13.5 Å². The molecule has 0 fully saturated rings. The lowest BCUT2D eigenvalue weighted by Gasteiger charge is -2.30. The molecular weight excluding hydrogens is 286 g/mol. The van der Waals surface area contributed by atoms with E-state index in [2.05, 4.69) is 4.72 Å². The van der Waals surface area contributed by atoms with Crippen molar-refractivity contribution in [2.75, 3.05) is 6.61 Å². The number of aliphatic hydroxyl groups is 1. The van der Waals surface area contributed by atoms with E-state index in [4.69, 9.17) is 16.7 Å². The van der Waals surface area contributed by atoms with Crippen LogP contribution in [-0.4, -0.2) is 26.2 Å². The first-order valence-electron chi connectivity index (χ1n) is 6.05. The van der Waals surface area contributed by atoms with Crippen LogP contribution >= 0.6 is 11.6 Å². The lowest BCUT2D eigenvalue weighted by Crippen LogP contribution is -2.44. The monoisotopic (exact) mass is 305 g/mol. The molecule has 108 valence electrons. The minimum atomic E-state index is -3.63. The molecule has 0 unspecified atom stereocenters. The fraction of sp³-hybridized carbons (Fsp3) is 0.538. The molecule has 19 heavy (non-hydrogen) atoms. The molecule has 0 aliphatic heterocycles. The first-order valence-corrected chi connectivity index (χ1v) is 7.91. The van der Waals surface area contributed by atoms with E-state index in [0.29, 0.717) is 11.4 Å². The summed E-state index contributed by atoms with van der Waals surface area (Å²) < 4.78 is 27.2. The van der Waals surface area contributed by atoms with Crippen LogP contribution in [0, 0.1) is 5.41 Å². The zero-order valence-corrected chi connectivity index (χ0v) is 12.9. The Morgan fingerprint density at radius 1 is 1.37 bits per heavy atom. The van der Waals surface area contributed by atoms with E-state index in [1.165, 1.54) is 12.1 Å². The summed E-state index contributed by atoms with van der Waals surface area (Å²) >= 11 is 5.81. The first kappa shape index (κ1) is 16.4. The average molecular weight is 306 g/mol. The van der Waals surface area contributed by atoms with Crippen LogP contribution in [0.1, 0.15) is 27.2 Å². The Balaban J connectivity index is 3.01. The molecule has 0 bridgehead atoms. The number of hydrogen-bond donors (Lipinski definition) is 2. The maximum Gasteiger partial charge on any atom is 0.240 e. The van der Waals surface area contributed by atoms with Gasteiger partial charge in [0, 0.05) is 17.7 Å². The second kappa shape index (κ2) is 6.22. The summed E-state index contributed by atoms with van der Waals surface area (Å²) in [5, 5.41) is 9.43. The lowest BCUT2D eigenvalue weighted by atomic mass is 9.86. The molecule has 0 radical (unpaired) electrons. The van der Waals surface area contributed by atoms with Gasteiger partial charge in [0.15, 0.2) is 0 Å². The fourth-order valence-corrected chi connectivity index (χ4v) is 3.46. The first-order chi connectivity index (χ1) is 8.66. The molecule has 1 atom stereocenters. The van der Waals surface area contributed by atoms with E-state index in [0.717, 1.165) is 0 Å². The van der Waals surface area contributed by atoms with E-state index in [1.807, 2.05) is 20.8 Å². The van der Waals surface area contributed by atoms with Crippen LogP contribution in [-0.2, 0) is 10.0 Å². The largest absolute Gasteiger partial charge is 0.396 e. The molecule has 0 saturated heterocycles. The molecule has 2 N–H and O–H groups in total. The SMILES string of the molecule is CC(C)(C)[C@@H](CCO)NS(=O)(=O)c1cccc(Cl)c1. The van der Waals surface area contributed by atoms with E-state index in [-0.39, 0.29) is 23.0 Å². The molecule has 4 nitrogen and oxygen atoms in total. The number of aliphatic hydroxyl groups excluding tert-OH is 1. The summed E-state index contributed by atoms with van der Waals surface area (Å²) in [6.07, 6.45) is 0.364. The molecule has 0 amide bonds. The number of hydrogen-bond acceptors (Lipinski definition) is 3. The van der Waals surface area contributed by atoms with Gasteiger partial charge in [-0.15, -0.1) is 0 Å². The Bertz CT molecular complexity index is 523. The quantitative estimate of drug-likeness (QED) is 0.878. The topological polar surface area (TPSA) is 66.4 Å². The molecule has 0 aliphatic carbocycles. The Morgan fingerprint density at radius 3 is 2.47 bits per heavy atom. The molecular formula is C13H20ClNO3S. The minimum absolute atomic E-state index is 0.0694. The van der Waals surface area contributed by atoms with Crippen molar-refractivity contribution in [1.82, 2.24) is 4.72 Å². The number of halogens is 1. The Morgan fingerprint density at radius 2 is 2.00 bits per heavy atom. The number of nitrogens with one attached hydrogen (secondary N) is 1. The molecule has 1 rings (SSSR count). The van der Waals surface area contributed by atoms with Gasteiger partial charge in [-0.3, -0.25) is 0 Å². The van der Waals surface area contributed by atoms with Crippen LogP contribution in [0.15, 0.2) is 29.2 Å². The summed E-state index contributed by atoms with van der Waals surface area (Å²) in [7, 11) is -3.63. The third-order valence-corrected chi connectivity index (χ3v) is 4.57. The van der Waals surface area contributed by atoms with Gasteiger partial charge in [-0.25, -0.2) is 13.1 Å². The molecule has 0 spiro atoms. The van der Waals surface area contributed by atoms with Crippen molar-refractivity contribution in [3.05, 3.63) is 29.3 Å². The Hall–Kier alpha value is -0.620. The molecule has 6 heteroatoms. The second-order valence-corrected chi connectivity index (χ2v) is 7.66. The minimum Gasteiger partial charge on any atom is -0.396 e. The number of benzene rings is 1.